The number of rotatable bonds is 3. The van der Waals surface area contributed by atoms with Crippen molar-refractivity contribution in [1.82, 2.24) is 4.98 Å². The highest BCUT2D eigenvalue weighted by Gasteiger charge is 2.29. The zero-order valence-electron chi connectivity index (χ0n) is 13.0. The average Bonchev–Trinajstić information content (AvgIpc) is 3.39. The summed E-state index contributed by atoms with van der Waals surface area (Å²) in [7, 11) is 0. The predicted molar refractivity (Wildman–Crippen MR) is 93.5 cm³/mol. The fraction of sp³-hybridized carbons (Fsp3) is 0.158. The molecule has 1 aliphatic rings. The van der Waals surface area contributed by atoms with Crippen LogP contribution in [0.25, 0.3) is 21.9 Å². The van der Waals surface area contributed by atoms with Crippen molar-refractivity contribution in [3.05, 3.63) is 59.3 Å². The molecule has 1 aliphatic carbocycles. The van der Waals surface area contributed by atoms with Gasteiger partial charge in [-0.2, -0.15) is 0 Å². The largest absolute Gasteiger partial charge is 0.310 e. The molecule has 2 aromatic carbocycles. The summed E-state index contributed by atoms with van der Waals surface area (Å²) < 4.78 is 27.3. The Balaban J connectivity index is 1.70. The molecule has 0 radical (unpaired) electrons. The van der Waals surface area contributed by atoms with E-state index in [2.05, 4.69) is 10.3 Å². The Bertz CT molecular complexity index is 979. The van der Waals surface area contributed by atoms with Crippen molar-refractivity contribution < 1.29 is 13.6 Å². The number of carbonyl (C=O) groups excluding carboxylic acids is 1. The molecule has 0 atom stereocenters. The van der Waals surface area contributed by atoms with E-state index in [9.17, 15) is 13.6 Å². The molecule has 0 aliphatic heterocycles. The van der Waals surface area contributed by atoms with Crippen molar-refractivity contribution in [1.29, 1.82) is 0 Å². The highest BCUT2D eigenvalue weighted by molar-refractivity contribution is 6.33. The highest BCUT2D eigenvalue weighted by atomic mass is 35.5. The number of hydrogen-bond donors (Lipinski definition) is 1. The number of hydrogen-bond acceptors (Lipinski definition) is 2. The molecule has 126 valence electrons. The predicted octanol–water partition coefficient (Wildman–Crippen LogP) is 5.18. The lowest BCUT2D eigenvalue weighted by atomic mass is 10.0. The summed E-state index contributed by atoms with van der Waals surface area (Å²) in [5, 5.41) is 4.42. The molecular weight excluding hydrogens is 346 g/mol. The van der Waals surface area contributed by atoms with Gasteiger partial charge in [0.05, 0.1) is 5.02 Å². The number of halogens is 3. The summed E-state index contributed by atoms with van der Waals surface area (Å²) in [5.74, 6) is -0.856. The first-order valence-electron chi connectivity index (χ1n) is 7.87. The number of fused-ring (bicyclic) bond motifs is 1. The minimum atomic E-state index is -0.718. The lowest BCUT2D eigenvalue weighted by Crippen LogP contribution is -2.14. The first kappa shape index (κ1) is 16.0. The number of nitrogens with one attached hydrogen (secondary N) is 1. The van der Waals surface area contributed by atoms with Crippen LogP contribution in [0.15, 0.2) is 42.6 Å². The molecule has 0 unspecified atom stereocenters. The SMILES string of the molecule is O=C(Nc1cc2ccc(-c3c(F)cc(F)cc3Cl)cc2cn1)C1CC1. The minimum Gasteiger partial charge on any atom is -0.310 e. The number of anilines is 1. The Kier molecular flexibility index (Phi) is 3.88. The Hall–Kier alpha value is -2.53. The Morgan fingerprint density at radius 1 is 1.12 bits per heavy atom. The van der Waals surface area contributed by atoms with E-state index in [1.807, 2.05) is 0 Å². The van der Waals surface area contributed by atoms with Gasteiger partial charge >= 0.3 is 0 Å². The molecule has 6 heteroatoms. The normalized spacial score (nSPS) is 13.9. The fourth-order valence-electron chi connectivity index (χ4n) is 2.76. The number of aromatic nitrogens is 1. The van der Waals surface area contributed by atoms with Gasteiger partial charge in [-0.1, -0.05) is 23.7 Å². The maximum Gasteiger partial charge on any atom is 0.228 e. The smallest absolute Gasteiger partial charge is 0.228 e. The molecular formula is C19H13ClF2N2O. The van der Waals surface area contributed by atoms with Crippen LogP contribution in [0.3, 0.4) is 0 Å². The second kappa shape index (κ2) is 6.08. The van der Waals surface area contributed by atoms with E-state index in [1.165, 1.54) is 0 Å². The van der Waals surface area contributed by atoms with Crippen LogP contribution in [0.5, 0.6) is 0 Å². The zero-order valence-corrected chi connectivity index (χ0v) is 13.8. The Morgan fingerprint density at radius 3 is 2.64 bits per heavy atom. The Labute approximate surface area is 147 Å². The quantitative estimate of drug-likeness (QED) is 0.700. The second-order valence-corrected chi connectivity index (χ2v) is 6.55. The number of nitrogens with zero attached hydrogens (tertiary/aromatic N) is 1. The van der Waals surface area contributed by atoms with Crippen molar-refractivity contribution in [2.75, 3.05) is 5.32 Å². The van der Waals surface area contributed by atoms with Gasteiger partial charge in [-0.3, -0.25) is 4.79 Å². The van der Waals surface area contributed by atoms with Crippen molar-refractivity contribution >= 4 is 34.1 Å². The Morgan fingerprint density at radius 2 is 1.92 bits per heavy atom. The summed E-state index contributed by atoms with van der Waals surface area (Å²) in [6.07, 6.45) is 3.45. The lowest BCUT2D eigenvalue weighted by Gasteiger charge is -2.09. The van der Waals surface area contributed by atoms with Crippen molar-refractivity contribution in [3.63, 3.8) is 0 Å². The van der Waals surface area contributed by atoms with Crippen LogP contribution in [-0.4, -0.2) is 10.9 Å². The fourth-order valence-corrected chi connectivity index (χ4v) is 3.06. The molecule has 0 saturated heterocycles. The number of pyridine rings is 1. The molecule has 1 amide bonds. The number of amides is 1. The van der Waals surface area contributed by atoms with Crippen LogP contribution in [0.2, 0.25) is 5.02 Å². The third kappa shape index (κ3) is 3.20. The van der Waals surface area contributed by atoms with Crippen LogP contribution in [0.1, 0.15) is 12.8 Å². The minimum absolute atomic E-state index is 0.0105. The second-order valence-electron chi connectivity index (χ2n) is 6.14. The summed E-state index contributed by atoms with van der Waals surface area (Å²) >= 11 is 6.00. The molecule has 1 N–H and O–H groups in total. The molecule has 1 heterocycles. The first-order valence-corrected chi connectivity index (χ1v) is 8.24. The van der Waals surface area contributed by atoms with Gasteiger partial charge in [0.1, 0.15) is 17.5 Å². The molecule has 0 spiro atoms. The summed E-state index contributed by atoms with van der Waals surface area (Å²) in [5.41, 5.74) is 0.683. The van der Waals surface area contributed by atoms with Crippen LogP contribution in [-0.2, 0) is 4.79 Å². The van der Waals surface area contributed by atoms with Gasteiger partial charge in [-0.15, -0.1) is 0 Å². The molecule has 1 fully saturated rings. The zero-order chi connectivity index (χ0) is 17.6. The van der Waals surface area contributed by atoms with Crippen molar-refractivity contribution in [2.24, 2.45) is 5.92 Å². The van der Waals surface area contributed by atoms with E-state index in [1.54, 1.807) is 30.5 Å². The number of carbonyl (C=O) groups is 1. The topological polar surface area (TPSA) is 42.0 Å². The average molecular weight is 359 g/mol. The van der Waals surface area contributed by atoms with Crippen molar-refractivity contribution in [2.45, 2.75) is 12.8 Å². The van der Waals surface area contributed by atoms with Crippen molar-refractivity contribution in [3.8, 4) is 11.1 Å². The molecule has 1 aromatic heterocycles. The summed E-state index contributed by atoms with van der Waals surface area (Å²) in [4.78, 5) is 16.0. The van der Waals surface area contributed by atoms with E-state index in [4.69, 9.17) is 11.6 Å². The van der Waals surface area contributed by atoms with Gasteiger partial charge in [0.25, 0.3) is 0 Å². The standard InChI is InChI=1S/C19H13ClF2N2O/c20-15-7-14(21)8-16(22)18(15)12-4-3-11-6-17(23-9-13(11)5-12)24-19(25)10-1-2-10/h3-10H,1-2H2,(H,23,24,25). The van der Waals surface area contributed by atoms with E-state index >= 15 is 0 Å². The summed E-state index contributed by atoms with van der Waals surface area (Å²) in [6, 6.07) is 8.88. The van der Waals surface area contributed by atoms with Gasteiger partial charge in [0.2, 0.25) is 5.91 Å². The van der Waals surface area contributed by atoms with Crippen LogP contribution >= 0.6 is 11.6 Å². The van der Waals surface area contributed by atoms with Gasteiger partial charge in [0, 0.05) is 29.1 Å². The molecule has 4 rings (SSSR count). The molecule has 1 saturated carbocycles. The number of benzene rings is 2. The third-order valence-electron chi connectivity index (χ3n) is 4.22. The van der Waals surface area contributed by atoms with Gasteiger partial charge in [-0.25, -0.2) is 13.8 Å². The van der Waals surface area contributed by atoms with E-state index < -0.39 is 11.6 Å². The molecule has 3 nitrogen and oxygen atoms in total. The summed E-state index contributed by atoms with van der Waals surface area (Å²) in [6.45, 7) is 0. The van der Waals surface area contributed by atoms with Gasteiger partial charge in [-0.05, 0) is 42.0 Å². The van der Waals surface area contributed by atoms with Gasteiger partial charge in [0.15, 0.2) is 0 Å². The maximum atomic E-state index is 14.1. The van der Waals surface area contributed by atoms with E-state index in [-0.39, 0.29) is 22.4 Å². The van der Waals surface area contributed by atoms with Crippen LogP contribution < -0.4 is 5.32 Å². The molecule has 25 heavy (non-hydrogen) atoms. The van der Waals surface area contributed by atoms with E-state index in [0.717, 1.165) is 35.7 Å². The van der Waals surface area contributed by atoms with E-state index in [0.29, 0.717) is 11.4 Å². The third-order valence-corrected chi connectivity index (χ3v) is 4.51. The molecule has 0 bridgehead atoms. The van der Waals surface area contributed by atoms with Crippen LogP contribution in [0.4, 0.5) is 14.6 Å². The first-order chi connectivity index (χ1) is 12.0. The highest BCUT2D eigenvalue weighted by Crippen LogP contribution is 2.34. The lowest BCUT2D eigenvalue weighted by molar-refractivity contribution is -0.117. The molecule has 3 aromatic rings. The monoisotopic (exact) mass is 358 g/mol. The van der Waals surface area contributed by atoms with Crippen LogP contribution in [0, 0.1) is 17.6 Å². The van der Waals surface area contributed by atoms with Gasteiger partial charge < -0.3 is 5.32 Å². The maximum absolute atomic E-state index is 14.1.